The molecule has 0 radical (unpaired) electrons. The second kappa shape index (κ2) is 8.78. The molecular weight excluding hydrogens is 406 g/mol. The van der Waals surface area contributed by atoms with Gasteiger partial charge in [0.25, 0.3) is 0 Å². The van der Waals surface area contributed by atoms with E-state index in [1.165, 1.54) is 7.11 Å². The first-order chi connectivity index (χ1) is 15.4. The van der Waals surface area contributed by atoms with Crippen LogP contribution in [0.15, 0.2) is 53.8 Å². The number of esters is 1. The Morgan fingerprint density at radius 1 is 1.09 bits per heavy atom. The number of methoxy groups -OCH3 is 1. The molecule has 2 N–H and O–H groups in total. The number of rotatable bonds is 4. The van der Waals surface area contributed by atoms with Crippen LogP contribution in [0.1, 0.15) is 48.0 Å². The molecule has 7 heteroatoms. The predicted octanol–water partition coefficient (Wildman–Crippen LogP) is 4.62. The molecule has 0 saturated heterocycles. The average molecular weight is 431 g/mol. The molecule has 164 valence electrons. The number of allylic oxidation sites excluding steroid dienone is 6. The average Bonchev–Trinajstić information content (AvgIpc) is 2.78. The molecule has 2 aromatic rings. The van der Waals surface area contributed by atoms with Gasteiger partial charge in [0.1, 0.15) is 17.3 Å². The first kappa shape index (κ1) is 21.5. The van der Waals surface area contributed by atoms with Gasteiger partial charge < -0.3 is 14.9 Å². The lowest BCUT2D eigenvalue weighted by molar-refractivity contribution is -0.135. The number of ether oxygens (including phenoxy) is 1. The van der Waals surface area contributed by atoms with E-state index in [1.807, 2.05) is 38.1 Å². The molecule has 7 nitrogen and oxygen atoms in total. The van der Waals surface area contributed by atoms with Crippen molar-refractivity contribution < 1.29 is 19.7 Å². The number of hydrogen-bond donors (Lipinski definition) is 2. The number of phenols is 1. The molecule has 1 aromatic heterocycles. The van der Waals surface area contributed by atoms with Gasteiger partial charge in [-0.25, -0.2) is 19.7 Å². The van der Waals surface area contributed by atoms with Crippen molar-refractivity contribution in [3.8, 4) is 17.1 Å². The van der Waals surface area contributed by atoms with Crippen molar-refractivity contribution in [1.82, 2.24) is 15.0 Å². The Hall–Kier alpha value is -3.74. The van der Waals surface area contributed by atoms with Crippen LogP contribution in [0.2, 0.25) is 0 Å². The van der Waals surface area contributed by atoms with Crippen LogP contribution >= 0.6 is 0 Å². The van der Waals surface area contributed by atoms with Crippen molar-refractivity contribution in [2.75, 3.05) is 7.11 Å². The number of aromatic hydroxyl groups is 1. The number of aryl methyl sites for hydroxylation is 2. The number of aliphatic hydroxyl groups excluding tert-OH is 1. The van der Waals surface area contributed by atoms with Crippen LogP contribution in [0.5, 0.6) is 5.75 Å². The maximum atomic E-state index is 11.8. The summed E-state index contributed by atoms with van der Waals surface area (Å²) in [4.78, 5) is 25.7. The molecule has 0 saturated carbocycles. The maximum Gasteiger partial charge on any atom is 0.337 e. The van der Waals surface area contributed by atoms with Crippen LogP contribution in [-0.2, 0) is 9.53 Å². The van der Waals surface area contributed by atoms with E-state index in [9.17, 15) is 15.0 Å². The van der Waals surface area contributed by atoms with Crippen LogP contribution in [0.25, 0.3) is 17.0 Å². The first-order valence-electron chi connectivity index (χ1n) is 10.5. The fourth-order valence-electron chi connectivity index (χ4n) is 3.96. The first-order valence-corrected chi connectivity index (χ1v) is 10.5. The summed E-state index contributed by atoms with van der Waals surface area (Å²) in [5.74, 6) is 0.943. The number of aromatic nitrogens is 3. The molecular formula is C25H25N3O4. The second-order valence-electron chi connectivity index (χ2n) is 7.97. The minimum absolute atomic E-state index is 0.0926. The molecule has 0 spiro atoms. The monoisotopic (exact) mass is 431 g/mol. The molecule has 0 bridgehead atoms. The van der Waals surface area contributed by atoms with E-state index in [-0.39, 0.29) is 23.4 Å². The summed E-state index contributed by atoms with van der Waals surface area (Å²) in [5.41, 5.74) is 3.35. The molecule has 4 rings (SSSR count). The van der Waals surface area contributed by atoms with Gasteiger partial charge in [-0.15, -0.1) is 0 Å². The largest absolute Gasteiger partial charge is 0.512 e. The molecule has 0 amide bonds. The van der Waals surface area contributed by atoms with Gasteiger partial charge in [-0.3, -0.25) is 0 Å². The Labute approximate surface area is 186 Å². The van der Waals surface area contributed by atoms with Crippen molar-refractivity contribution in [3.63, 3.8) is 0 Å². The molecule has 1 unspecified atom stereocenters. The summed E-state index contributed by atoms with van der Waals surface area (Å²) < 4.78 is 4.78. The second-order valence-corrected chi connectivity index (χ2v) is 7.97. The fourth-order valence-corrected chi connectivity index (χ4v) is 3.96. The van der Waals surface area contributed by atoms with Gasteiger partial charge in [0, 0.05) is 12.3 Å². The molecule has 1 atom stereocenters. The van der Waals surface area contributed by atoms with E-state index < -0.39 is 0 Å². The normalized spacial score (nSPS) is 18.0. The van der Waals surface area contributed by atoms with Gasteiger partial charge in [0.2, 0.25) is 0 Å². The van der Waals surface area contributed by atoms with Crippen molar-refractivity contribution in [2.24, 2.45) is 0 Å². The summed E-state index contributed by atoms with van der Waals surface area (Å²) in [6.07, 6.45) is 10.9. The number of nitrogens with zero attached hydrogens (tertiary/aromatic N) is 3. The number of aliphatic hydroxyl groups is 1. The number of carbonyl (C=O) groups excluding carboxylic acids is 1. The highest BCUT2D eigenvalue weighted by Gasteiger charge is 2.23. The zero-order valence-electron chi connectivity index (χ0n) is 18.3. The molecule has 0 fully saturated rings. The van der Waals surface area contributed by atoms with E-state index in [2.05, 4.69) is 15.0 Å². The van der Waals surface area contributed by atoms with Gasteiger partial charge in [0.15, 0.2) is 11.6 Å². The third-order valence-electron chi connectivity index (χ3n) is 5.57. The third-order valence-corrected chi connectivity index (χ3v) is 5.57. The summed E-state index contributed by atoms with van der Waals surface area (Å²) in [6, 6.07) is 3.63. The summed E-state index contributed by atoms with van der Waals surface area (Å²) in [6.45, 7) is 3.81. The lowest BCUT2D eigenvalue weighted by Crippen LogP contribution is -2.13. The maximum absolute atomic E-state index is 11.8. The number of phenolic OH excluding ortho intramolecular Hbond substituents is 1. The summed E-state index contributed by atoms with van der Waals surface area (Å²) in [5, 5.41) is 21.1. The zero-order valence-corrected chi connectivity index (χ0v) is 18.3. The van der Waals surface area contributed by atoms with Crippen molar-refractivity contribution >= 4 is 11.5 Å². The molecule has 2 aliphatic carbocycles. The van der Waals surface area contributed by atoms with Crippen molar-refractivity contribution in [1.29, 1.82) is 0 Å². The quantitative estimate of drug-likeness (QED) is 0.680. The van der Waals surface area contributed by atoms with E-state index in [0.717, 1.165) is 17.5 Å². The van der Waals surface area contributed by atoms with Crippen LogP contribution in [0, 0.1) is 13.8 Å². The Morgan fingerprint density at radius 2 is 1.88 bits per heavy atom. The lowest BCUT2D eigenvalue weighted by atomic mass is 9.95. The van der Waals surface area contributed by atoms with Crippen LogP contribution in [-0.4, -0.2) is 38.2 Å². The van der Waals surface area contributed by atoms with Gasteiger partial charge in [-0.1, -0.05) is 36.4 Å². The Morgan fingerprint density at radius 3 is 2.53 bits per heavy atom. The predicted molar refractivity (Wildman–Crippen MR) is 121 cm³/mol. The smallest absolute Gasteiger partial charge is 0.337 e. The highest BCUT2D eigenvalue weighted by molar-refractivity contribution is 5.91. The van der Waals surface area contributed by atoms with Crippen LogP contribution < -0.4 is 0 Å². The van der Waals surface area contributed by atoms with E-state index in [4.69, 9.17) is 4.74 Å². The topological polar surface area (TPSA) is 105 Å². The number of hydrogen-bond acceptors (Lipinski definition) is 7. The molecule has 0 aliphatic heterocycles. The van der Waals surface area contributed by atoms with Crippen molar-refractivity contribution in [2.45, 2.75) is 39.0 Å². The highest BCUT2D eigenvalue weighted by atomic mass is 16.5. The van der Waals surface area contributed by atoms with Gasteiger partial charge in [-0.05, 0) is 43.9 Å². The standard InChI is InChI=1S/C25H25N3O4/c1-14-12-15(2)21(20(30)13-14)24-27-22(16-8-10-17(11-9-16)25(31)32-3)26-23(28-24)18-6-4-5-7-19(18)29/h4,6,8,10-13,16,29-30H,5,7,9H2,1-3H3. The van der Waals surface area contributed by atoms with Gasteiger partial charge in [0.05, 0.1) is 23.8 Å². The fraction of sp³-hybridized carbons (Fsp3) is 0.280. The molecule has 1 aromatic carbocycles. The molecule has 2 aliphatic rings. The highest BCUT2D eigenvalue weighted by Crippen LogP contribution is 2.34. The number of benzene rings is 1. The summed E-state index contributed by atoms with van der Waals surface area (Å²) >= 11 is 0. The molecule has 1 heterocycles. The number of carbonyl (C=O) groups is 1. The molecule has 32 heavy (non-hydrogen) atoms. The minimum Gasteiger partial charge on any atom is -0.512 e. The van der Waals surface area contributed by atoms with Crippen LogP contribution in [0.3, 0.4) is 0 Å². The van der Waals surface area contributed by atoms with Crippen LogP contribution in [0.4, 0.5) is 0 Å². The summed E-state index contributed by atoms with van der Waals surface area (Å²) in [7, 11) is 1.35. The van der Waals surface area contributed by atoms with Gasteiger partial charge >= 0.3 is 5.97 Å². The third kappa shape index (κ3) is 4.19. The Kier molecular flexibility index (Phi) is 5.90. The zero-order chi connectivity index (χ0) is 22.8. The lowest BCUT2D eigenvalue weighted by Gasteiger charge is -2.18. The van der Waals surface area contributed by atoms with E-state index in [0.29, 0.717) is 47.0 Å². The Balaban J connectivity index is 1.83. The van der Waals surface area contributed by atoms with E-state index >= 15 is 0 Å². The van der Waals surface area contributed by atoms with Gasteiger partial charge in [-0.2, -0.15) is 0 Å². The van der Waals surface area contributed by atoms with E-state index in [1.54, 1.807) is 18.2 Å². The van der Waals surface area contributed by atoms with Crippen molar-refractivity contribution in [3.05, 3.63) is 76.6 Å². The minimum atomic E-state index is -0.389. The Bertz CT molecular complexity index is 1180. The SMILES string of the molecule is COC(=O)C1=CCC(c2nc(C3=C(O)CCC=C3)nc(-c3c(C)cc(C)cc3O)n2)C=C1.